The van der Waals surface area contributed by atoms with Crippen molar-refractivity contribution in [1.29, 1.82) is 0 Å². The molecule has 1 heterocycles. The number of hydrogen-bond donors (Lipinski definition) is 3. The predicted molar refractivity (Wildman–Crippen MR) is 91.3 cm³/mol. The highest BCUT2D eigenvalue weighted by Crippen LogP contribution is 2.16. The van der Waals surface area contributed by atoms with Gasteiger partial charge in [0.15, 0.2) is 0 Å². The zero-order valence-electron chi connectivity index (χ0n) is 13.4. The van der Waals surface area contributed by atoms with Gasteiger partial charge in [0.25, 0.3) is 0 Å². The number of rotatable bonds is 6. The predicted octanol–water partition coefficient (Wildman–Crippen LogP) is 1.67. The van der Waals surface area contributed by atoms with E-state index in [1.807, 2.05) is 47.3 Å². The minimum atomic E-state index is -0.194. The molecule has 0 spiro atoms. The molecule has 0 radical (unpaired) electrons. The summed E-state index contributed by atoms with van der Waals surface area (Å²) in [5.74, 6) is 0.147. The molecule has 1 aliphatic carbocycles. The summed E-state index contributed by atoms with van der Waals surface area (Å²) in [5, 5.41) is 19.1. The summed E-state index contributed by atoms with van der Waals surface area (Å²) in [6, 6.07) is 9.79. The maximum Gasteiger partial charge on any atom is 0.315 e. The van der Waals surface area contributed by atoms with Crippen LogP contribution in [0, 0.1) is 5.92 Å². The molecule has 1 aromatic carbocycles. The van der Waals surface area contributed by atoms with Gasteiger partial charge in [-0.3, -0.25) is 4.68 Å². The largest absolute Gasteiger partial charge is 0.396 e. The first kappa shape index (κ1) is 16.3. The highest BCUT2D eigenvalue weighted by molar-refractivity contribution is 5.74. The normalized spacial score (nSPS) is 19.4. The van der Waals surface area contributed by atoms with E-state index in [1.54, 1.807) is 6.20 Å². The first-order valence-electron chi connectivity index (χ1n) is 8.12. The van der Waals surface area contributed by atoms with E-state index in [0.717, 1.165) is 17.5 Å². The lowest BCUT2D eigenvalue weighted by Crippen LogP contribution is -2.40. The number of aromatic nitrogens is 2. The molecule has 0 fully saturated rings. The monoisotopic (exact) mass is 326 g/mol. The van der Waals surface area contributed by atoms with Gasteiger partial charge in [0.2, 0.25) is 0 Å². The molecule has 3 rings (SSSR count). The molecule has 2 amide bonds. The van der Waals surface area contributed by atoms with Crippen molar-refractivity contribution in [3.63, 3.8) is 0 Å². The number of hydrogen-bond acceptors (Lipinski definition) is 3. The van der Waals surface area contributed by atoms with Gasteiger partial charge in [-0.15, -0.1) is 0 Å². The summed E-state index contributed by atoms with van der Waals surface area (Å²) in [6.45, 7) is 1.31. The zero-order chi connectivity index (χ0) is 16.8. The molecule has 2 aromatic rings. The van der Waals surface area contributed by atoms with E-state index in [0.29, 0.717) is 13.1 Å². The van der Waals surface area contributed by atoms with Crippen molar-refractivity contribution in [3.05, 3.63) is 66.0 Å². The van der Waals surface area contributed by atoms with E-state index in [9.17, 15) is 4.79 Å². The molecule has 0 aliphatic heterocycles. The summed E-state index contributed by atoms with van der Waals surface area (Å²) in [5.41, 5.74) is 2.19. The maximum absolute atomic E-state index is 12.0. The molecule has 2 atom stereocenters. The maximum atomic E-state index is 12.0. The number of urea groups is 1. The minimum Gasteiger partial charge on any atom is -0.396 e. The van der Waals surface area contributed by atoms with Crippen LogP contribution in [0.5, 0.6) is 0 Å². The van der Waals surface area contributed by atoms with Gasteiger partial charge in [-0.25, -0.2) is 4.79 Å². The van der Waals surface area contributed by atoms with Crippen LogP contribution in [-0.2, 0) is 13.1 Å². The fraction of sp³-hybridized carbons (Fsp3) is 0.333. The van der Waals surface area contributed by atoms with Crippen LogP contribution in [0.25, 0.3) is 0 Å². The average Bonchev–Trinajstić information content (AvgIpc) is 3.25. The quantitative estimate of drug-likeness (QED) is 0.707. The molecule has 6 heteroatoms. The van der Waals surface area contributed by atoms with Crippen molar-refractivity contribution in [3.8, 4) is 0 Å². The second-order valence-corrected chi connectivity index (χ2v) is 6.02. The SMILES string of the molecule is O=C(NCc1cccc(Cn2cccn2)c1)N[C@@H]1C=C[C@H](CO)C1. The zero-order valence-corrected chi connectivity index (χ0v) is 13.4. The molecule has 1 aliphatic rings. The molecule has 1 aromatic heterocycles. The number of amides is 2. The molecule has 0 saturated carbocycles. The van der Waals surface area contributed by atoms with Crippen LogP contribution in [0.1, 0.15) is 17.5 Å². The Morgan fingerprint density at radius 1 is 1.29 bits per heavy atom. The summed E-state index contributed by atoms with van der Waals surface area (Å²) >= 11 is 0. The molecule has 3 N–H and O–H groups in total. The van der Waals surface area contributed by atoms with Gasteiger partial charge in [0.1, 0.15) is 0 Å². The van der Waals surface area contributed by atoms with Gasteiger partial charge in [0.05, 0.1) is 6.54 Å². The van der Waals surface area contributed by atoms with Crippen molar-refractivity contribution in [2.24, 2.45) is 5.92 Å². The van der Waals surface area contributed by atoms with Gasteiger partial charge in [-0.2, -0.15) is 5.10 Å². The van der Waals surface area contributed by atoms with Gasteiger partial charge in [0, 0.05) is 37.5 Å². The number of aliphatic hydroxyl groups is 1. The Kier molecular flexibility index (Phi) is 5.28. The van der Waals surface area contributed by atoms with E-state index in [4.69, 9.17) is 5.11 Å². The third-order valence-corrected chi connectivity index (χ3v) is 4.07. The molecule has 0 bridgehead atoms. The second-order valence-electron chi connectivity index (χ2n) is 6.02. The second kappa shape index (κ2) is 7.79. The van der Waals surface area contributed by atoms with Crippen LogP contribution >= 0.6 is 0 Å². The smallest absolute Gasteiger partial charge is 0.315 e. The Labute approximate surface area is 141 Å². The standard InChI is InChI=1S/C18H22N4O2/c23-13-16-5-6-17(10-16)21-18(24)19-11-14-3-1-4-15(9-14)12-22-8-2-7-20-22/h1-9,16-17,23H,10-13H2,(H2,19,21,24)/t16-,17+/m0/s1. The summed E-state index contributed by atoms with van der Waals surface area (Å²) < 4.78 is 1.86. The average molecular weight is 326 g/mol. The number of nitrogens with zero attached hydrogens (tertiary/aromatic N) is 2. The molecular weight excluding hydrogens is 304 g/mol. The number of carbonyl (C=O) groups is 1. The van der Waals surface area contributed by atoms with Crippen molar-refractivity contribution < 1.29 is 9.90 Å². The van der Waals surface area contributed by atoms with Gasteiger partial charge < -0.3 is 15.7 Å². The van der Waals surface area contributed by atoms with Crippen LogP contribution in [0.2, 0.25) is 0 Å². The third-order valence-electron chi connectivity index (χ3n) is 4.07. The topological polar surface area (TPSA) is 79.2 Å². The Morgan fingerprint density at radius 3 is 2.92 bits per heavy atom. The summed E-state index contributed by atoms with van der Waals surface area (Å²) in [4.78, 5) is 12.0. The number of benzene rings is 1. The Morgan fingerprint density at radius 2 is 2.17 bits per heavy atom. The van der Waals surface area contributed by atoms with E-state index in [-0.39, 0.29) is 24.6 Å². The van der Waals surface area contributed by atoms with Crippen molar-refractivity contribution in [1.82, 2.24) is 20.4 Å². The number of carbonyl (C=O) groups excluding carboxylic acids is 1. The lowest BCUT2D eigenvalue weighted by molar-refractivity contribution is 0.231. The Hall–Kier alpha value is -2.60. The first-order chi connectivity index (χ1) is 11.7. The van der Waals surface area contributed by atoms with Crippen LogP contribution in [-0.4, -0.2) is 33.6 Å². The highest BCUT2D eigenvalue weighted by Gasteiger charge is 2.19. The lowest BCUT2D eigenvalue weighted by atomic mass is 10.1. The minimum absolute atomic E-state index is 0.00620. The Balaban J connectivity index is 1.48. The summed E-state index contributed by atoms with van der Waals surface area (Å²) in [7, 11) is 0. The molecule has 6 nitrogen and oxygen atoms in total. The van der Waals surface area contributed by atoms with E-state index >= 15 is 0 Å². The molecular formula is C18H22N4O2. The molecule has 24 heavy (non-hydrogen) atoms. The van der Waals surface area contributed by atoms with Crippen LogP contribution in [0.15, 0.2) is 54.9 Å². The van der Waals surface area contributed by atoms with Gasteiger partial charge in [-0.05, 0) is 23.6 Å². The van der Waals surface area contributed by atoms with Gasteiger partial charge >= 0.3 is 6.03 Å². The van der Waals surface area contributed by atoms with Crippen molar-refractivity contribution in [2.75, 3.05) is 6.61 Å². The number of aliphatic hydroxyl groups excluding tert-OH is 1. The van der Waals surface area contributed by atoms with Crippen molar-refractivity contribution >= 4 is 6.03 Å². The van der Waals surface area contributed by atoms with E-state index in [2.05, 4.69) is 21.8 Å². The first-order valence-corrected chi connectivity index (χ1v) is 8.12. The van der Waals surface area contributed by atoms with Gasteiger partial charge in [-0.1, -0.05) is 36.4 Å². The highest BCUT2D eigenvalue weighted by atomic mass is 16.3. The number of nitrogens with one attached hydrogen (secondary N) is 2. The lowest BCUT2D eigenvalue weighted by Gasteiger charge is -2.14. The Bertz CT molecular complexity index is 697. The fourth-order valence-corrected chi connectivity index (χ4v) is 2.84. The molecule has 0 unspecified atom stereocenters. The van der Waals surface area contributed by atoms with Crippen molar-refractivity contribution in [2.45, 2.75) is 25.6 Å². The summed E-state index contributed by atoms with van der Waals surface area (Å²) in [6.07, 6.45) is 8.32. The fourth-order valence-electron chi connectivity index (χ4n) is 2.84. The van der Waals surface area contributed by atoms with E-state index in [1.165, 1.54) is 0 Å². The molecule has 0 saturated heterocycles. The van der Waals surface area contributed by atoms with Crippen LogP contribution < -0.4 is 10.6 Å². The van der Waals surface area contributed by atoms with Crippen LogP contribution in [0.4, 0.5) is 4.79 Å². The molecule has 126 valence electrons. The third kappa shape index (κ3) is 4.45. The van der Waals surface area contributed by atoms with Crippen LogP contribution in [0.3, 0.4) is 0 Å². The van der Waals surface area contributed by atoms with E-state index < -0.39 is 0 Å².